The zero-order valence-electron chi connectivity index (χ0n) is 17.3. The summed E-state index contributed by atoms with van der Waals surface area (Å²) in [5.41, 5.74) is 8.10. The second kappa shape index (κ2) is 7.28. The zero-order valence-corrected chi connectivity index (χ0v) is 17.3. The third-order valence-electron chi connectivity index (χ3n) is 6.74. The van der Waals surface area contributed by atoms with Crippen LogP contribution in [0.5, 0.6) is 0 Å². The molecule has 0 spiro atoms. The van der Waals surface area contributed by atoms with Gasteiger partial charge in [0.2, 0.25) is 0 Å². The molecule has 2 aliphatic rings. The zero-order chi connectivity index (χ0) is 20.8. The Hall–Kier alpha value is -3.59. The number of nitrogens with zero attached hydrogens (tertiary/aromatic N) is 1. The van der Waals surface area contributed by atoms with Crippen molar-refractivity contribution in [2.45, 2.75) is 31.7 Å². The summed E-state index contributed by atoms with van der Waals surface area (Å²) in [6.07, 6.45) is 6.60. The minimum absolute atomic E-state index is 0.0560. The van der Waals surface area contributed by atoms with Gasteiger partial charge in [-0.3, -0.25) is 9.69 Å². The molecule has 6 rings (SSSR count). The number of para-hydroxylation sites is 2. The highest BCUT2D eigenvalue weighted by molar-refractivity contribution is 6.10. The van der Waals surface area contributed by atoms with Gasteiger partial charge in [-0.15, -0.1) is 0 Å². The molecule has 152 valence electrons. The van der Waals surface area contributed by atoms with E-state index in [1.54, 1.807) is 0 Å². The molecule has 1 aliphatic carbocycles. The van der Waals surface area contributed by atoms with Gasteiger partial charge in [-0.1, -0.05) is 54.6 Å². The number of hydrogen-bond donors (Lipinski definition) is 1. The van der Waals surface area contributed by atoms with Crippen molar-refractivity contribution in [2.24, 2.45) is 0 Å². The van der Waals surface area contributed by atoms with Crippen molar-refractivity contribution < 1.29 is 4.79 Å². The summed E-state index contributed by atoms with van der Waals surface area (Å²) in [5.74, 6) is 0.0560. The van der Waals surface area contributed by atoms with Gasteiger partial charge in [0.15, 0.2) is 0 Å². The van der Waals surface area contributed by atoms with E-state index in [1.807, 2.05) is 41.3 Å². The number of nitrogens with one attached hydrogen (secondary N) is 1. The molecule has 2 heterocycles. The van der Waals surface area contributed by atoms with Crippen molar-refractivity contribution >= 4 is 28.1 Å². The molecule has 1 amide bonds. The van der Waals surface area contributed by atoms with E-state index in [0.29, 0.717) is 0 Å². The van der Waals surface area contributed by atoms with Gasteiger partial charge < -0.3 is 4.98 Å². The maximum absolute atomic E-state index is 14.0. The number of fused-ring (bicyclic) bond motifs is 3. The first-order chi connectivity index (χ1) is 15.3. The van der Waals surface area contributed by atoms with E-state index in [4.69, 9.17) is 0 Å². The quantitative estimate of drug-likeness (QED) is 0.388. The number of rotatable bonds is 2. The SMILES string of the molecule is O=C(c1ccccc1)N1c2ccccc2C2=C(CCCC2)C1c1c[nH]c2ccccc12. The maximum Gasteiger partial charge on any atom is 0.259 e. The van der Waals surface area contributed by atoms with Gasteiger partial charge in [-0.25, -0.2) is 0 Å². The van der Waals surface area contributed by atoms with Crippen LogP contribution >= 0.6 is 0 Å². The molecule has 3 heteroatoms. The van der Waals surface area contributed by atoms with Crippen molar-refractivity contribution in [3.63, 3.8) is 0 Å². The molecular weight excluding hydrogens is 380 g/mol. The second-order valence-electron chi connectivity index (χ2n) is 8.46. The largest absolute Gasteiger partial charge is 0.361 e. The smallest absolute Gasteiger partial charge is 0.259 e. The van der Waals surface area contributed by atoms with Crippen LogP contribution < -0.4 is 4.90 Å². The average molecular weight is 405 g/mol. The molecule has 1 aliphatic heterocycles. The normalized spacial score (nSPS) is 18.1. The van der Waals surface area contributed by atoms with Gasteiger partial charge in [0.25, 0.3) is 5.91 Å². The highest BCUT2D eigenvalue weighted by Gasteiger charge is 2.39. The number of hydrogen-bond acceptors (Lipinski definition) is 1. The topological polar surface area (TPSA) is 36.1 Å². The number of allylic oxidation sites excluding steroid dienone is 1. The third kappa shape index (κ3) is 2.84. The first kappa shape index (κ1) is 18.2. The van der Waals surface area contributed by atoms with E-state index in [-0.39, 0.29) is 11.9 Å². The molecule has 4 aromatic rings. The van der Waals surface area contributed by atoms with Crippen molar-refractivity contribution in [1.29, 1.82) is 0 Å². The molecule has 0 fully saturated rings. The monoisotopic (exact) mass is 404 g/mol. The summed E-state index contributed by atoms with van der Waals surface area (Å²) in [6, 6.07) is 26.4. The summed E-state index contributed by atoms with van der Waals surface area (Å²) in [5, 5.41) is 1.19. The molecule has 0 bridgehead atoms. The fraction of sp³-hybridized carbons (Fsp3) is 0.179. The number of amides is 1. The Morgan fingerprint density at radius 1 is 0.839 bits per heavy atom. The number of aromatic amines is 1. The Morgan fingerprint density at radius 3 is 2.48 bits per heavy atom. The van der Waals surface area contributed by atoms with E-state index >= 15 is 0 Å². The van der Waals surface area contributed by atoms with Gasteiger partial charge in [-0.05, 0) is 61.1 Å². The number of H-pyrrole nitrogens is 1. The molecule has 0 radical (unpaired) electrons. The highest BCUT2D eigenvalue weighted by Crippen LogP contribution is 2.51. The number of benzene rings is 3. The van der Waals surface area contributed by atoms with E-state index < -0.39 is 0 Å². The standard InChI is InChI=1S/C28H24N2O/c31-28(19-10-2-1-3-11-19)30-26-17-9-7-14-22(26)20-12-4-5-15-23(20)27(30)24-18-29-25-16-8-6-13-21(24)25/h1-3,6-11,13-14,16-18,27,29H,4-5,12,15H2. The minimum Gasteiger partial charge on any atom is -0.361 e. The number of carbonyl (C=O) groups excluding carboxylic acids is 1. The molecule has 3 nitrogen and oxygen atoms in total. The van der Waals surface area contributed by atoms with Crippen molar-refractivity contribution in [2.75, 3.05) is 4.90 Å². The predicted molar refractivity (Wildman–Crippen MR) is 126 cm³/mol. The van der Waals surface area contributed by atoms with E-state index in [1.165, 1.54) is 40.5 Å². The lowest BCUT2D eigenvalue weighted by Gasteiger charge is -2.42. The van der Waals surface area contributed by atoms with Crippen LogP contribution in [0, 0.1) is 0 Å². The molecule has 1 atom stereocenters. The number of anilines is 1. The van der Waals surface area contributed by atoms with Crippen molar-refractivity contribution in [3.8, 4) is 0 Å². The Balaban J connectivity index is 1.63. The first-order valence-electron chi connectivity index (χ1n) is 11.1. The summed E-state index contributed by atoms with van der Waals surface area (Å²) in [6.45, 7) is 0. The van der Waals surface area contributed by atoms with Gasteiger partial charge in [-0.2, -0.15) is 0 Å². The summed E-state index contributed by atoms with van der Waals surface area (Å²) >= 11 is 0. The lowest BCUT2D eigenvalue weighted by Crippen LogP contribution is -2.39. The highest BCUT2D eigenvalue weighted by atomic mass is 16.2. The Bertz CT molecular complexity index is 1320. The fourth-order valence-corrected chi connectivity index (χ4v) is 5.37. The average Bonchev–Trinajstić information content (AvgIpc) is 3.27. The fourth-order valence-electron chi connectivity index (χ4n) is 5.37. The maximum atomic E-state index is 14.0. The molecule has 3 aromatic carbocycles. The Labute approximate surface area is 182 Å². The van der Waals surface area contributed by atoms with Crippen LogP contribution in [0.25, 0.3) is 16.5 Å². The van der Waals surface area contributed by atoms with E-state index in [2.05, 4.69) is 53.6 Å². The van der Waals surface area contributed by atoms with Crippen LogP contribution in [0.3, 0.4) is 0 Å². The van der Waals surface area contributed by atoms with Gasteiger partial charge in [0.05, 0.1) is 11.7 Å². The molecule has 1 N–H and O–H groups in total. The van der Waals surface area contributed by atoms with Gasteiger partial charge in [0.1, 0.15) is 0 Å². The van der Waals surface area contributed by atoms with Crippen LogP contribution in [0.4, 0.5) is 5.69 Å². The van der Waals surface area contributed by atoms with E-state index in [0.717, 1.165) is 29.6 Å². The summed E-state index contributed by atoms with van der Waals surface area (Å²) in [4.78, 5) is 19.5. The van der Waals surface area contributed by atoms with Gasteiger partial charge >= 0.3 is 0 Å². The molecular formula is C28H24N2O. The van der Waals surface area contributed by atoms with Crippen LogP contribution in [-0.2, 0) is 0 Å². The molecule has 1 unspecified atom stereocenters. The Kier molecular flexibility index (Phi) is 4.27. The molecule has 0 saturated heterocycles. The summed E-state index contributed by atoms with van der Waals surface area (Å²) < 4.78 is 0. The lowest BCUT2D eigenvalue weighted by atomic mass is 9.77. The first-order valence-corrected chi connectivity index (χ1v) is 11.1. The molecule has 0 saturated carbocycles. The van der Waals surface area contributed by atoms with E-state index in [9.17, 15) is 4.79 Å². The van der Waals surface area contributed by atoms with Gasteiger partial charge in [0, 0.05) is 33.8 Å². The number of carbonyl (C=O) groups is 1. The minimum atomic E-state index is -0.0888. The van der Waals surface area contributed by atoms with Crippen LogP contribution in [0.1, 0.15) is 53.2 Å². The van der Waals surface area contributed by atoms with Crippen LogP contribution in [0.2, 0.25) is 0 Å². The number of aromatic nitrogens is 1. The summed E-state index contributed by atoms with van der Waals surface area (Å²) in [7, 11) is 0. The third-order valence-corrected chi connectivity index (χ3v) is 6.74. The molecule has 31 heavy (non-hydrogen) atoms. The van der Waals surface area contributed by atoms with Crippen molar-refractivity contribution in [1.82, 2.24) is 4.98 Å². The molecule has 1 aromatic heterocycles. The van der Waals surface area contributed by atoms with Crippen LogP contribution in [0.15, 0.2) is 90.6 Å². The lowest BCUT2D eigenvalue weighted by molar-refractivity contribution is 0.0979. The second-order valence-corrected chi connectivity index (χ2v) is 8.46. The Morgan fingerprint density at radius 2 is 1.58 bits per heavy atom. The van der Waals surface area contributed by atoms with Crippen molar-refractivity contribution in [3.05, 3.63) is 107 Å². The predicted octanol–water partition coefficient (Wildman–Crippen LogP) is 6.90. The van der Waals surface area contributed by atoms with Crippen LogP contribution in [-0.4, -0.2) is 10.9 Å².